The summed E-state index contributed by atoms with van der Waals surface area (Å²) in [5.41, 5.74) is 13.9. The summed E-state index contributed by atoms with van der Waals surface area (Å²) in [4.78, 5) is 16.2. The van der Waals surface area contributed by atoms with Crippen molar-refractivity contribution in [3.8, 4) is 5.00 Å². The number of nitrogens with zero attached hydrogens (tertiary/aromatic N) is 2. The van der Waals surface area contributed by atoms with Crippen LogP contribution in [0.3, 0.4) is 0 Å². The topological polar surface area (TPSA) is 86.9 Å². The number of imidazole rings is 1. The maximum Gasteiger partial charge on any atom is 0.259 e. The number of amides is 1. The molecule has 21 heavy (non-hydrogen) atoms. The number of primary amides is 1. The summed E-state index contributed by atoms with van der Waals surface area (Å²) in [7, 11) is 0. The SMILES string of the molecule is CC.Cc1cc(-n2c(N)nc3ccccc32)sc1C(N)=O. The highest BCUT2D eigenvalue weighted by atomic mass is 32.1. The largest absolute Gasteiger partial charge is 0.369 e. The lowest BCUT2D eigenvalue weighted by atomic mass is 10.3. The number of nitrogen functional groups attached to an aromatic ring is 1. The molecule has 2 aromatic heterocycles. The number of aryl methyl sites for hydroxylation is 1. The minimum absolute atomic E-state index is 0.401. The van der Waals surface area contributed by atoms with Gasteiger partial charge < -0.3 is 11.5 Å². The second-order valence-corrected chi connectivity index (χ2v) is 5.29. The molecule has 3 aromatic rings. The van der Waals surface area contributed by atoms with Crippen molar-refractivity contribution in [1.82, 2.24) is 9.55 Å². The molecule has 0 fully saturated rings. The first-order chi connectivity index (χ1) is 10.1. The van der Waals surface area contributed by atoms with Gasteiger partial charge >= 0.3 is 0 Å². The van der Waals surface area contributed by atoms with Gasteiger partial charge in [0.25, 0.3) is 5.91 Å². The number of carbonyl (C=O) groups is 1. The molecule has 4 N–H and O–H groups in total. The van der Waals surface area contributed by atoms with Crippen LogP contribution in [0.2, 0.25) is 0 Å². The summed E-state index contributed by atoms with van der Waals surface area (Å²) in [5.74, 6) is -0.0183. The number of rotatable bonds is 2. The number of aromatic nitrogens is 2. The number of hydrogen-bond acceptors (Lipinski definition) is 4. The first-order valence-electron chi connectivity index (χ1n) is 6.71. The standard InChI is InChI=1S/C13H12N4OS.C2H6/c1-7-6-10(19-11(7)12(14)18)17-9-5-3-2-4-8(9)16-13(17)15;1-2/h2-6H,1H3,(H2,14,18)(H2,15,16);1-2H3. The van der Waals surface area contributed by atoms with E-state index in [2.05, 4.69) is 4.98 Å². The average Bonchev–Trinajstić information content (AvgIpc) is 3.00. The Kier molecular flexibility index (Phi) is 4.28. The fourth-order valence-electron chi connectivity index (χ4n) is 2.10. The van der Waals surface area contributed by atoms with Crippen molar-refractivity contribution < 1.29 is 4.79 Å². The third kappa shape index (κ3) is 2.62. The smallest absolute Gasteiger partial charge is 0.259 e. The number of thiophene rings is 1. The van der Waals surface area contributed by atoms with Gasteiger partial charge in [0.15, 0.2) is 0 Å². The van der Waals surface area contributed by atoms with Crippen molar-refractivity contribution in [2.75, 3.05) is 5.73 Å². The van der Waals surface area contributed by atoms with Gasteiger partial charge in [-0.3, -0.25) is 9.36 Å². The highest BCUT2D eigenvalue weighted by Crippen LogP contribution is 2.30. The van der Waals surface area contributed by atoms with Crippen LogP contribution in [0.1, 0.15) is 29.1 Å². The second-order valence-electron chi connectivity index (χ2n) is 4.26. The zero-order valence-corrected chi connectivity index (χ0v) is 13.1. The molecule has 110 valence electrons. The molecule has 0 radical (unpaired) electrons. The lowest BCUT2D eigenvalue weighted by molar-refractivity contribution is 0.100. The predicted octanol–water partition coefficient (Wildman–Crippen LogP) is 3.10. The normalized spacial score (nSPS) is 10.2. The van der Waals surface area contributed by atoms with Crippen molar-refractivity contribution in [3.63, 3.8) is 0 Å². The van der Waals surface area contributed by atoms with Crippen molar-refractivity contribution in [2.24, 2.45) is 5.73 Å². The zero-order valence-electron chi connectivity index (χ0n) is 12.3. The molecular formula is C15H18N4OS. The van der Waals surface area contributed by atoms with E-state index in [0.717, 1.165) is 21.6 Å². The average molecular weight is 302 g/mol. The minimum atomic E-state index is -0.420. The first kappa shape index (κ1) is 15.1. The molecule has 0 aliphatic rings. The Labute approximate surface area is 127 Å². The van der Waals surface area contributed by atoms with Gasteiger partial charge in [0.05, 0.1) is 15.9 Å². The van der Waals surface area contributed by atoms with Gasteiger partial charge in [-0.25, -0.2) is 4.98 Å². The number of nitrogens with two attached hydrogens (primary N) is 2. The number of anilines is 1. The van der Waals surface area contributed by atoms with Crippen LogP contribution in [0.4, 0.5) is 5.95 Å². The van der Waals surface area contributed by atoms with Crippen LogP contribution in [0.15, 0.2) is 30.3 Å². The summed E-state index contributed by atoms with van der Waals surface area (Å²) in [6, 6.07) is 9.58. The Morgan fingerprint density at radius 3 is 2.57 bits per heavy atom. The van der Waals surface area contributed by atoms with Crippen molar-refractivity contribution in [2.45, 2.75) is 20.8 Å². The maximum absolute atomic E-state index is 11.3. The summed E-state index contributed by atoms with van der Waals surface area (Å²) in [5, 5.41) is 0.845. The summed E-state index contributed by atoms with van der Waals surface area (Å²) < 4.78 is 1.83. The van der Waals surface area contributed by atoms with E-state index in [4.69, 9.17) is 11.5 Å². The third-order valence-corrected chi connectivity index (χ3v) is 4.17. The molecule has 0 aliphatic carbocycles. The van der Waals surface area contributed by atoms with Crippen molar-refractivity contribution in [3.05, 3.63) is 40.8 Å². The van der Waals surface area contributed by atoms with E-state index in [0.29, 0.717) is 10.8 Å². The molecule has 0 bridgehead atoms. The molecule has 0 saturated heterocycles. The quantitative estimate of drug-likeness (QED) is 0.762. The molecule has 0 atom stereocenters. The van der Waals surface area contributed by atoms with E-state index in [1.54, 1.807) is 0 Å². The summed E-state index contributed by atoms with van der Waals surface area (Å²) in [6.45, 7) is 5.86. The Balaban J connectivity index is 0.000000774. The molecule has 0 unspecified atom stereocenters. The van der Waals surface area contributed by atoms with E-state index < -0.39 is 5.91 Å². The monoisotopic (exact) mass is 302 g/mol. The number of hydrogen-bond donors (Lipinski definition) is 2. The van der Waals surface area contributed by atoms with Crippen LogP contribution in [0.25, 0.3) is 16.0 Å². The van der Waals surface area contributed by atoms with Gasteiger partial charge in [-0.15, -0.1) is 11.3 Å². The molecule has 6 heteroatoms. The van der Waals surface area contributed by atoms with Crippen LogP contribution in [-0.4, -0.2) is 15.5 Å². The molecule has 1 aromatic carbocycles. The van der Waals surface area contributed by atoms with Gasteiger partial charge in [-0.1, -0.05) is 26.0 Å². The van der Waals surface area contributed by atoms with Gasteiger partial charge in [0.2, 0.25) is 5.95 Å². The number of benzene rings is 1. The maximum atomic E-state index is 11.3. The second kappa shape index (κ2) is 5.97. The van der Waals surface area contributed by atoms with Crippen LogP contribution < -0.4 is 11.5 Å². The first-order valence-corrected chi connectivity index (χ1v) is 7.53. The van der Waals surface area contributed by atoms with Crippen LogP contribution in [-0.2, 0) is 0 Å². The fourth-order valence-corrected chi connectivity index (χ4v) is 3.14. The van der Waals surface area contributed by atoms with Crippen LogP contribution in [0, 0.1) is 6.92 Å². The molecule has 3 rings (SSSR count). The summed E-state index contributed by atoms with van der Waals surface area (Å²) in [6.07, 6.45) is 0. The van der Waals surface area contributed by atoms with E-state index in [9.17, 15) is 4.79 Å². The molecular weight excluding hydrogens is 284 g/mol. The minimum Gasteiger partial charge on any atom is -0.369 e. The summed E-state index contributed by atoms with van der Waals surface area (Å²) >= 11 is 1.32. The number of para-hydroxylation sites is 2. The Hall–Kier alpha value is -2.34. The van der Waals surface area contributed by atoms with E-state index in [-0.39, 0.29) is 0 Å². The molecule has 2 heterocycles. The van der Waals surface area contributed by atoms with Gasteiger partial charge in [0.1, 0.15) is 5.00 Å². The third-order valence-electron chi connectivity index (χ3n) is 2.94. The van der Waals surface area contributed by atoms with Crippen LogP contribution >= 0.6 is 11.3 Å². The molecule has 0 spiro atoms. The highest BCUT2D eigenvalue weighted by Gasteiger charge is 2.15. The van der Waals surface area contributed by atoms with E-state index >= 15 is 0 Å². The number of fused-ring (bicyclic) bond motifs is 1. The van der Waals surface area contributed by atoms with Crippen molar-refractivity contribution in [1.29, 1.82) is 0 Å². The van der Waals surface area contributed by atoms with Gasteiger partial charge in [0, 0.05) is 0 Å². The Bertz CT molecular complexity index is 788. The van der Waals surface area contributed by atoms with E-state index in [1.807, 2.05) is 55.7 Å². The van der Waals surface area contributed by atoms with Crippen LogP contribution in [0.5, 0.6) is 0 Å². The van der Waals surface area contributed by atoms with E-state index in [1.165, 1.54) is 11.3 Å². The van der Waals surface area contributed by atoms with Crippen molar-refractivity contribution >= 4 is 34.2 Å². The predicted molar refractivity (Wildman–Crippen MR) is 88.0 cm³/mol. The Morgan fingerprint density at radius 1 is 1.29 bits per heavy atom. The Morgan fingerprint density at radius 2 is 1.95 bits per heavy atom. The zero-order chi connectivity index (χ0) is 15.6. The molecule has 5 nitrogen and oxygen atoms in total. The van der Waals surface area contributed by atoms with Gasteiger partial charge in [-0.05, 0) is 30.7 Å². The highest BCUT2D eigenvalue weighted by molar-refractivity contribution is 7.16. The fraction of sp³-hybridized carbons (Fsp3) is 0.200. The molecule has 1 amide bonds. The molecule has 0 saturated carbocycles. The number of carbonyl (C=O) groups excluding carboxylic acids is 1. The molecule has 0 aliphatic heterocycles. The van der Waals surface area contributed by atoms with Gasteiger partial charge in [-0.2, -0.15) is 0 Å². The lowest BCUT2D eigenvalue weighted by Crippen LogP contribution is -2.09. The lowest BCUT2D eigenvalue weighted by Gasteiger charge is -2.01.